The number of carbonyl (C=O) groups excluding carboxylic acids is 2. The average Bonchev–Trinajstić information content (AvgIpc) is 2.57. The summed E-state index contributed by atoms with van der Waals surface area (Å²) in [6.45, 7) is 4.20. The van der Waals surface area contributed by atoms with Gasteiger partial charge in [0.15, 0.2) is 0 Å². The Morgan fingerprint density at radius 3 is 2.17 bits per heavy atom. The Morgan fingerprint density at radius 1 is 1.00 bits per heavy atom. The predicted molar refractivity (Wildman–Crippen MR) is 95.1 cm³/mol. The van der Waals surface area contributed by atoms with Crippen LogP contribution in [0.25, 0.3) is 0 Å². The van der Waals surface area contributed by atoms with E-state index in [1.165, 1.54) is 0 Å². The van der Waals surface area contributed by atoms with Crippen LogP contribution in [-0.2, 0) is 16.1 Å². The maximum absolute atomic E-state index is 11.7. The van der Waals surface area contributed by atoms with Crippen LogP contribution in [-0.4, -0.2) is 11.8 Å². The van der Waals surface area contributed by atoms with E-state index < -0.39 is 11.9 Å². The number of carbonyl (C=O) groups is 2. The van der Waals surface area contributed by atoms with Crippen LogP contribution in [0.15, 0.2) is 54.6 Å². The van der Waals surface area contributed by atoms with Crippen molar-refractivity contribution in [3.63, 3.8) is 0 Å². The normalized spacial score (nSPS) is 12.0. The van der Waals surface area contributed by atoms with Gasteiger partial charge >= 0.3 is 0 Å². The summed E-state index contributed by atoms with van der Waals surface area (Å²) in [5.41, 5.74) is 8.09. The van der Waals surface area contributed by atoms with Crippen molar-refractivity contribution < 1.29 is 9.59 Å². The number of nitrogens with one attached hydrogen (secondary N) is 2. The van der Waals surface area contributed by atoms with Gasteiger partial charge < -0.3 is 11.1 Å². The SMILES string of the molecule is CC(C)C(=O)Nc1ccc(CN[C@@H](C(N)=O)c2ccccc2)cc1. The first-order valence-corrected chi connectivity index (χ1v) is 7.95. The lowest BCUT2D eigenvalue weighted by Gasteiger charge is -2.16. The van der Waals surface area contributed by atoms with Crippen molar-refractivity contribution in [3.05, 3.63) is 65.7 Å². The van der Waals surface area contributed by atoms with Crippen molar-refractivity contribution in [3.8, 4) is 0 Å². The van der Waals surface area contributed by atoms with E-state index >= 15 is 0 Å². The zero-order valence-electron chi connectivity index (χ0n) is 14.0. The van der Waals surface area contributed by atoms with Gasteiger partial charge in [0, 0.05) is 18.2 Å². The Bertz CT molecular complexity index is 682. The second kappa shape index (κ2) is 8.26. The maximum Gasteiger partial charge on any atom is 0.239 e. The molecule has 0 aliphatic carbocycles. The van der Waals surface area contributed by atoms with Crippen LogP contribution >= 0.6 is 0 Å². The molecule has 0 aliphatic rings. The van der Waals surface area contributed by atoms with Gasteiger partial charge in [-0.05, 0) is 23.3 Å². The Kier molecular flexibility index (Phi) is 6.09. The Morgan fingerprint density at radius 2 is 1.62 bits per heavy atom. The molecule has 2 rings (SSSR count). The number of anilines is 1. The minimum absolute atomic E-state index is 0.0151. The van der Waals surface area contributed by atoms with Gasteiger partial charge in [0.2, 0.25) is 11.8 Å². The third-order valence-electron chi connectivity index (χ3n) is 3.67. The number of primary amides is 1. The van der Waals surface area contributed by atoms with Gasteiger partial charge in [0.1, 0.15) is 6.04 Å². The highest BCUT2D eigenvalue weighted by Crippen LogP contribution is 2.15. The molecule has 0 bridgehead atoms. The van der Waals surface area contributed by atoms with E-state index in [2.05, 4.69) is 10.6 Å². The largest absolute Gasteiger partial charge is 0.368 e. The van der Waals surface area contributed by atoms with E-state index in [0.717, 1.165) is 16.8 Å². The second-order valence-corrected chi connectivity index (χ2v) is 5.97. The van der Waals surface area contributed by atoms with Gasteiger partial charge in [0.05, 0.1) is 0 Å². The number of amides is 2. The summed E-state index contributed by atoms with van der Waals surface area (Å²) < 4.78 is 0. The number of hydrogen-bond acceptors (Lipinski definition) is 3. The second-order valence-electron chi connectivity index (χ2n) is 5.97. The number of nitrogens with two attached hydrogens (primary N) is 1. The molecule has 0 aromatic heterocycles. The average molecular weight is 325 g/mol. The lowest BCUT2D eigenvalue weighted by molar-refractivity contribution is -0.120. The summed E-state index contributed by atoms with van der Waals surface area (Å²) in [6.07, 6.45) is 0. The molecule has 2 aromatic carbocycles. The molecule has 126 valence electrons. The standard InChI is InChI=1S/C19H23N3O2/c1-13(2)19(24)22-16-10-8-14(9-11-16)12-21-17(18(20)23)15-6-4-3-5-7-15/h3-11,13,17,21H,12H2,1-2H3,(H2,20,23)(H,22,24)/t17-/m1/s1. The summed E-state index contributed by atoms with van der Waals surface area (Å²) in [6, 6.07) is 16.4. The molecule has 0 heterocycles. The summed E-state index contributed by atoms with van der Waals surface area (Å²) in [7, 11) is 0. The quantitative estimate of drug-likeness (QED) is 0.731. The number of hydrogen-bond donors (Lipinski definition) is 3. The first-order valence-electron chi connectivity index (χ1n) is 7.95. The molecule has 0 saturated heterocycles. The number of rotatable bonds is 7. The van der Waals surface area contributed by atoms with E-state index in [1.807, 2.05) is 68.4 Å². The molecule has 4 N–H and O–H groups in total. The molecule has 2 amide bonds. The van der Waals surface area contributed by atoms with Gasteiger partial charge in [-0.2, -0.15) is 0 Å². The smallest absolute Gasteiger partial charge is 0.239 e. The van der Waals surface area contributed by atoms with Gasteiger partial charge in [-0.1, -0.05) is 56.3 Å². The highest BCUT2D eigenvalue weighted by molar-refractivity contribution is 5.92. The zero-order valence-corrected chi connectivity index (χ0v) is 14.0. The monoisotopic (exact) mass is 325 g/mol. The fraction of sp³-hybridized carbons (Fsp3) is 0.263. The molecule has 2 aromatic rings. The molecule has 24 heavy (non-hydrogen) atoms. The topological polar surface area (TPSA) is 84.2 Å². The molecule has 0 unspecified atom stereocenters. The molecule has 0 radical (unpaired) electrons. The van der Waals surface area contributed by atoms with Gasteiger partial charge in [-0.3, -0.25) is 14.9 Å². The highest BCUT2D eigenvalue weighted by Gasteiger charge is 2.16. The van der Waals surface area contributed by atoms with E-state index in [-0.39, 0.29) is 11.8 Å². The van der Waals surface area contributed by atoms with E-state index in [0.29, 0.717) is 6.54 Å². The summed E-state index contributed by atoms with van der Waals surface area (Å²) in [5, 5.41) is 6.01. The summed E-state index contributed by atoms with van der Waals surface area (Å²) >= 11 is 0. The van der Waals surface area contributed by atoms with Gasteiger partial charge in [-0.15, -0.1) is 0 Å². The van der Waals surface area contributed by atoms with Crippen LogP contribution in [0.5, 0.6) is 0 Å². The highest BCUT2D eigenvalue weighted by atomic mass is 16.2. The Hall–Kier alpha value is -2.66. The van der Waals surface area contributed by atoms with Crippen LogP contribution < -0.4 is 16.4 Å². The van der Waals surface area contributed by atoms with Gasteiger partial charge in [-0.25, -0.2) is 0 Å². The fourth-order valence-electron chi connectivity index (χ4n) is 2.24. The minimum atomic E-state index is -0.536. The number of benzene rings is 2. The van der Waals surface area contributed by atoms with Crippen molar-refractivity contribution in [2.24, 2.45) is 11.7 Å². The Balaban J connectivity index is 1.98. The first-order chi connectivity index (χ1) is 11.5. The van der Waals surface area contributed by atoms with Crippen LogP contribution in [0.1, 0.15) is 31.0 Å². The molecule has 0 aliphatic heterocycles. The molecule has 0 spiro atoms. The van der Waals surface area contributed by atoms with Crippen molar-refractivity contribution in [2.45, 2.75) is 26.4 Å². The van der Waals surface area contributed by atoms with Crippen molar-refractivity contribution in [2.75, 3.05) is 5.32 Å². The Labute approximate surface area is 142 Å². The van der Waals surface area contributed by atoms with Crippen LogP contribution in [0, 0.1) is 5.92 Å². The van der Waals surface area contributed by atoms with Crippen LogP contribution in [0.2, 0.25) is 0 Å². The van der Waals surface area contributed by atoms with Crippen molar-refractivity contribution >= 4 is 17.5 Å². The molecule has 0 fully saturated rings. The molecular formula is C19H23N3O2. The van der Waals surface area contributed by atoms with E-state index in [9.17, 15) is 9.59 Å². The lowest BCUT2D eigenvalue weighted by atomic mass is 10.1. The lowest BCUT2D eigenvalue weighted by Crippen LogP contribution is -2.33. The van der Waals surface area contributed by atoms with Gasteiger partial charge in [0.25, 0.3) is 0 Å². The van der Waals surface area contributed by atoms with E-state index in [4.69, 9.17) is 5.73 Å². The van der Waals surface area contributed by atoms with Crippen molar-refractivity contribution in [1.82, 2.24) is 5.32 Å². The fourth-order valence-corrected chi connectivity index (χ4v) is 2.24. The third kappa shape index (κ3) is 4.93. The zero-order chi connectivity index (χ0) is 17.5. The molecule has 1 atom stereocenters. The molecule has 5 heteroatoms. The third-order valence-corrected chi connectivity index (χ3v) is 3.67. The summed E-state index contributed by atoms with van der Waals surface area (Å²) in [4.78, 5) is 23.3. The van der Waals surface area contributed by atoms with Crippen LogP contribution in [0.3, 0.4) is 0 Å². The first kappa shape index (κ1) is 17.7. The van der Waals surface area contributed by atoms with E-state index in [1.54, 1.807) is 0 Å². The maximum atomic E-state index is 11.7. The minimum Gasteiger partial charge on any atom is -0.368 e. The van der Waals surface area contributed by atoms with Crippen LogP contribution in [0.4, 0.5) is 5.69 Å². The van der Waals surface area contributed by atoms with Crippen molar-refractivity contribution in [1.29, 1.82) is 0 Å². The molecule has 0 saturated carbocycles. The predicted octanol–water partition coefficient (Wildman–Crippen LogP) is 2.60. The molecular weight excluding hydrogens is 302 g/mol. The molecule has 5 nitrogen and oxygen atoms in total. The summed E-state index contributed by atoms with van der Waals surface area (Å²) in [5.74, 6) is -0.491.